The van der Waals surface area contributed by atoms with Crippen LogP contribution in [0, 0.1) is 29.1 Å². The van der Waals surface area contributed by atoms with E-state index in [1.807, 2.05) is 0 Å². The molecule has 0 radical (unpaired) electrons. The summed E-state index contributed by atoms with van der Waals surface area (Å²) in [6, 6.07) is 0. The molecule has 16 heavy (non-hydrogen) atoms. The number of halogens is 6. The van der Waals surface area contributed by atoms with Gasteiger partial charge in [-0.3, -0.25) is 0 Å². The molecule has 0 nitrogen and oxygen atoms in total. The third-order valence-corrected chi connectivity index (χ3v) is 2.02. The Balaban J connectivity index is 3.29. The van der Waals surface area contributed by atoms with Crippen molar-refractivity contribution in [2.24, 2.45) is 0 Å². The van der Waals surface area contributed by atoms with Gasteiger partial charge in [-0.1, -0.05) is 12.2 Å². The summed E-state index contributed by atoms with van der Waals surface area (Å²) in [6.07, 6.45) is 2.31. The maximum absolute atomic E-state index is 13.0. The minimum absolute atomic E-state index is 0.186. The number of allylic oxidation sites excluding steroid dienone is 1. The maximum atomic E-state index is 13.0. The highest BCUT2D eigenvalue weighted by molar-refractivity contribution is 6.17. The summed E-state index contributed by atoms with van der Waals surface area (Å²) >= 11 is 5.29. The molecular weight excluding hydrogens is 251 g/mol. The largest absolute Gasteiger partial charge is 0.203 e. The lowest BCUT2D eigenvalue weighted by Gasteiger charge is -2.03. The van der Waals surface area contributed by atoms with E-state index in [9.17, 15) is 22.0 Å². The van der Waals surface area contributed by atoms with Crippen LogP contribution in [0.25, 0.3) is 6.08 Å². The number of hydrogen-bond acceptors (Lipinski definition) is 0. The van der Waals surface area contributed by atoms with Gasteiger partial charge in [0.15, 0.2) is 23.3 Å². The third-order valence-electron chi connectivity index (χ3n) is 1.80. The van der Waals surface area contributed by atoms with E-state index in [0.717, 1.165) is 6.08 Å². The van der Waals surface area contributed by atoms with Crippen molar-refractivity contribution in [3.05, 3.63) is 40.7 Å². The van der Waals surface area contributed by atoms with E-state index in [1.54, 1.807) is 0 Å². The summed E-state index contributed by atoms with van der Waals surface area (Å²) < 4.78 is 64.0. The number of benzene rings is 1. The lowest BCUT2D eigenvalue weighted by atomic mass is 10.1. The average molecular weight is 257 g/mol. The average Bonchev–Trinajstić information content (AvgIpc) is 2.28. The van der Waals surface area contributed by atoms with Gasteiger partial charge in [0, 0.05) is 5.88 Å². The molecule has 0 N–H and O–H groups in total. The number of hydrogen-bond donors (Lipinski definition) is 0. The van der Waals surface area contributed by atoms with Crippen molar-refractivity contribution in [2.45, 2.75) is 6.42 Å². The van der Waals surface area contributed by atoms with Gasteiger partial charge in [-0.2, -0.15) is 0 Å². The zero-order valence-electron chi connectivity index (χ0n) is 7.84. The van der Waals surface area contributed by atoms with Crippen molar-refractivity contribution in [3.63, 3.8) is 0 Å². The molecule has 1 rings (SSSR count). The molecule has 1 aromatic carbocycles. The molecule has 0 unspecified atom stereocenters. The fourth-order valence-electron chi connectivity index (χ4n) is 1.03. The molecule has 0 aliphatic rings. The van der Waals surface area contributed by atoms with Crippen LogP contribution in [0.5, 0.6) is 0 Å². The lowest BCUT2D eigenvalue weighted by molar-refractivity contribution is 0.377. The molecule has 0 saturated carbocycles. The minimum atomic E-state index is -2.16. The quantitative estimate of drug-likeness (QED) is 0.332. The molecule has 0 fully saturated rings. The predicted molar refractivity (Wildman–Crippen MR) is 50.6 cm³/mol. The Morgan fingerprint density at radius 2 is 1.25 bits per heavy atom. The monoisotopic (exact) mass is 256 g/mol. The molecule has 0 aliphatic carbocycles. The van der Waals surface area contributed by atoms with Crippen LogP contribution < -0.4 is 0 Å². The molecule has 0 spiro atoms. The van der Waals surface area contributed by atoms with Gasteiger partial charge in [0.25, 0.3) is 0 Å². The first-order valence-electron chi connectivity index (χ1n) is 4.24. The van der Waals surface area contributed by atoms with Crippen LogP contribution in [0.4, 0.5) is 22.0 Å². The van der Waals surface area contributed by atoms with Crippen molar-refractivity contribution in [2.75, 3.05) is 5.88 Å². The van der Waals surface area contributed by atoms with Crippen LogP contribution >= 0.6 is 11.6 Å². The molecule has 6 heteroatoms. The van der Waals surface area contributed by atoms with Crippen molar-refractivity contribution in [3.8, 4) is 0 Å². The van der Waals surface area contributed by atoms with Gasteiger partial charge < -0.3 is 0 Å². The van der Waals surface area contributed by atoms with E-state index >= 15 is 0 Å². The molecule has 88 valence electrons. The molecule has 0 atom stereocenters. The maximum Gasteiger partial charge on any atom is 0.200 e. The van der Waals surface area contributed by atoms with E-state index in [0.29, 0.717) is 0 Å². The fourth-order valence-corrected chi connectivity index (χ4v) is 1.16. The van der Waals surface area contributed by atoms with E-state index in [4.69, 9.17) is 11.6 Å². The van der Waals surface area contributed by atoms with Crippen LogP contribution in [0.3, 0.4) is 0 Å². The van der Waals surface area contributed by atoms with Crippen molar-refractivity contribution >= 4 is 17.7 Å². The molecule has 1 aromatic rings. The molecule has 0 aromatic heterocycles. The fraction of sp³-hybridized carbons (Fsp3) is 0.200. The van der Waals surface area contributed by atoms with Gasteiger partial charge >= 0.3 is 0 Å². The van der Waals surface area contributed by atoms with Crippen LogP contribution in [-0.2, 0) is 0 Å². The zero-order chi connectivity index (χ0) is 12.3. The van der Waals surface area contributed by atoms with E-state index in [2.05, 4.69) is 0 Å². The Hall–Kier alpha value is -1.10. The first-order valence-corrected chi connectivity index (χ1v) is 4.78. The standard InChI is InChI=1S/C10H6ClF5/c11-4-2-1-3-5-6(12)8(14)10(16)9(15)7(5)13/h1,3H,2,4H2. The molecule has 0 heterocycles. The third kappa shape index (κ3) is 2.35. The van der Waals surface area contributed by atoms with Crippen LogP contribution in [0.1, 0.15) is 12.0 Å². The molecule has 0 aliphatic heterocycles. The highest BCUT2D eigenvalue weighted by Crippen LogP contribution is 2.23. The Morgan fingerprint density at radius 3 is 1.69 bits per heavy atom. The summed E-state index contributed by atoms with van der Waals surface area (Å²) in [5.74, 6) is -9.57. The smallest absolute Gasteiger partial charge is 0.200 e. The first kappa shape index (κ1) is 13.0. The van der Waals surface area contributed by atoms with E-state index in [-0.39, 0.29) is 12.3 Å². The van der Waals surface area contributed by atoms with Gasteiger partial charge in [0.05, 0.1) is 5.56 Å². The van der Waals surface area contributed by atoms with Crippen molar-refractivity contribution < 1.29 is 22.0 Å². The molecular formula is C10H6ClF5. The predicted octanol–water partition coefficient (Wildman–Crippen LogP) is 4.02. The second-order valence-corrected chi connectivity index (χ2v) is 3.24. The molecule has 0 saturated heterocycles. The van der Waals surface area contributed by atoms with Crippen LogP contribution in [0.15, 0.2) is 6.08 Å². The SMILES string of the molecule is Fc1c(F)c(F)c(C=CCCCl)c(F)c1F. The summed E-state index contributed by atoms with van der Waals surface area (Å²) in [7, 11) is 0. The Bertz CT molecular complexity index is 399. The highest BCUT2D eigenvalue weighted by Gasteiger charge is 2.23. The topological polar surface area (TPSA) is 0 Å². The van der Waals surface area contributed by atoms with Crippen LogP contribution in [0.2, 0.25) is 0 Å². The number of rotatable bonds is 3. The normalized spacial score (nSPS) is 11.4. The highest BCUT2D eigenvalue weighted by atomic mass is 35.5. The number of alkyl halides is 1. The van der Waals surface area contributed by atoms with Gasteiger partial charge in [0.1, 0.15) is 0 Å². The Morgan fingerprint density at radius 1 is 0.812 bits per heavy atom. The first-order chi connectivity index (χ1) is 7.50. The molecule has 0 amide bonds. The van der Waals surface area contributed by atoms with Crippen molar-refractivity contribution in [1.29, 1.82) is 0 Å². The second-order valence-electron chi connectivity index (χ2n) is 2.86. The summed E-state index contributed by atoms with van der Waals surface area (Å²) in [6.45, 7) is 0. The molecule has 0 bridgehead atoms. The van der Waals surface area contributed by atoms with E-state index < -0.39 is 34.6 Å². The van der Waals surface area contributed by atoms with E-state index in [1.165, 1.54) is 6.08 Å². The Labute approximate surface area is 93.3 Å². The summed E-state index contributed by atoms with van der Waals surface area (Å²) in [4.78, 5) is 0. The minimum Gasteiger partial charge on any atom is -0.203 e. The zero-order valence-corrected chi connectivity index (χ0v) is 8.59. The van der Waals surface area contributed by atoms with Gasteiger partial charge in [-0.15, -0.1) is 11.6 Å². The van der Waals surface area contributed by atoms with Crippen molar-refractivity contribution in [1.82, 2.24) is 0 Å². The lowest BCUT2D eigenvalue weighted by Crippen LogP contribution is -2.03. The second kappa shape index (κ2) is 5.30. The summed E-state index contributed by atoms with van der Waals surface area (Å²) in [5.41, 5.74) is -0.957. The van der Waals surface area contributed by atoms with Gasteiger partial charge in [0.2, 0.25) is 5.82 Å². The van der Waals surface area contributed by atoms with Gasteiger partial charge in [-0.25, -0.2) is 22.0 Å². The summed E-state index contributed by atoms with van der Waals surface area (Å²) in [5, 5.41) is 0. The Kier molecular flexibility index (Phi) is 4.29. The van der Waals surface area contributed by atoms with Gasteiger partial charge in [-0.05, 0) is 6.42 Å². The van der Waals surface area contributed by atoms with Crippen LogP contribution in [-0.4, -0.2) is 5.88 Å².